The summed E-state index contributed by atoms with van der Waals surface area (Å²) in [6, 6.07) is 14.7. The minimum absolute atomic E-state index is 0.107. The summed E-state index contributed by atoms with van der Waals surface area (Å²) in [4.78, 5) is 26.3. The number of hydrogen-bond acceptors (Lipinski definition) is 2. The third-order valence-corrected chi connectivity index (χ3v) is 5.43. The summed E-state index contributed by atoms with van der Waals surface area (Å²) in [5.41, 5.74) is 4.00. The zero-order chi connectivity index (χ0) is 19.0. The molecule has 0 aliphatic carbocycles. The normalized spacial score (nSPS) is 16.3. The highest BCUT2D eigenvalue weighted by molar-refractivity contribution is 5.87. The number of hydrogen-bond donors (Lipinski definition) is 1. The smallest absolute Gasteiger partial charge is 0.331 e. The van der Waals surface area contributed by atoms with E-state index < -0.39 is 12.0 Å². The van der Waals surface area contributed by atoms with Gasteiger partial charge in [-0.1, -0.05) is 42.5 Å². The largest absolute Gasteiger partial charge is 0.479 e. The molecule has 5 heteroatoms. The SMILES string of the molecule is Cn1cc(CCC(=O)N2CCc3ccccc3C2C(=O)O)c2ccccc21. The predicted octanol–water partition coefficient (Wildman–Crippen LogP) is 3.32. The van der Waals surface area contributed by atoms with Gasteiger partial charge in [-0.2, -0.15) is 0 Å². The van der Waals surface area contributed by atoms with E-state index in [0.717, 1.165) is 27.6 Å². The van der Waals surface area contributed by atoms with Gasteiger partial charge in [0, 0.05) is 37.1 Å². The third kappa shape index (κ3) is 3.10. The number of nitrogens with zero attached hydrogens (tertiary/aromatic N) is 2. The monoisotopic (exact) mass is 362 g/mol. The molecule has 5 nitrogen and oxygen atoms in total. The molecule has 27 heavy (non-hydrogen) atoms. The first-order chi connectivity index (χ1) is 13.1. The number of carboxylic acids is 1. The molecular weight excluding hydrogens is 340 g/mol. The maximum absolute atomic E-state index is 12.9. The highest BCUT2D eigenvalue weighted by Crippen LogP contribution is 2.31. The van der Waals surface area contributed by atoms with Gasteiger partial charge in [0.05, 0.1) is 0 Å². The molecule has 2 aromatic carbocycles. The minimum Gasteiger partial charge on any atom is -0.479 e. The summed E-state index contributed by atoms with van der Waals surface area (Å²) in [7, 11) is 2.00. The average Bonchev–Trinajstić information content (AvgIpc) is 3.01. The van der Waals surface area contributed by atoms with Crippen molar-refractivity contribution in [1.82, 2.24) is 9.47 Å². The molecule has 1 aliphatic heterocycles. The van der Waals surface area contributed by atoms with Crippen LogP contribution >= 0.6 is 0 Å². The Morgan fingerprint density at radius 2 is 1.85 bits per heavy atom. The Hall–Kier alpha value is -3.08. The van der Waals surface area contributed by atoms with Crippen LogP contribution in [0, 0.1) is 0 Å². The van der Waals surface area contributed by atoms with Crippen molar-refractivity contribution >= 4 is 22.8 Å². The van der Waals surface area contributed by atoms with Crippen molar-refractivity contribution < 1.29 is 14.7 Å². The summed E-state index contributed by atoms with van der Waals surface area (Å²) in [5, 5.41) is 10.9. The summed E-state index contributed by atoms with van der Waals surface area (Å²) >= 11 is 0. The van der Waals surface area contributed by atoms with Gasteiger partial charge in [-0.3, -0.25) is 4.79 Å². The van der Waals surface area contributed by atoms with Crippen molar-refractivity contribution in [2.24, 2.45) is 7.05 Å². The van der Waals surface area contributed by atoms with Crippen molar-refractivity contribution in [3.63, 3.8) is 0 Å². The van der Waals surface area contributed by atoms with Crippen LogP contribution in [0.2, 0.25) is 0 Å². The molecule has 0 saturated heterocycles. The first-order valence-electron chi connectivity index (χ1n) is 9.19. The lowest BCUT2D eigenvalue weighted by Gasteiger charge is -2.34. The van der Waals surface area contributed by atoms with Gasteiger partial charge in [-0.15, -0.1) is 0 Å². The Morgan fingerprint density at radius 3 is 2.67 bits per heavy atom. The van der Waals surface area contributed by atoms with Crippen molar-refractivity contribution in [2.45, 2.75) is 25.3 Å². The maximum atomic E-state index is 12.9. The number of benzene rings is 2. The number of fused-ring (bicyclic) bond motifs is 2. The first kappa shape index (κ1) is 17.3. The Labute approximate surface area is 157 Å². The topological polar surface area (TPSA) is 62.5 Å². The number of carbonyl (C=O) groups is 2. The number of carbonyl (C=O) groups excluding carboxylic acids is 1. The van der Waals surface area contributed by atoms with E-state index in [9.17, 15) is 14.7 Å². The fourth-order valence-corrected chi connectivity index (χ4v) is 4.11. The lowest BCUT2D eigenvalue weighted by Crippen LogP contribution is -2.43. The van der Waals surface area contributed by atoms with E-state index in [1.165, 1.54) is 4.90 Å². The van der Waals surface area contributed by atoms with Crippen LogP contribution in [0.4, 0.5) is 0 Å². The highest BCUT2D eigenvalue weighted by Gasteiger charge is 2.35. The molecule has 1 amide bonds. The molecule has 3 aromatic rings. The Bertz CT molecular complexity index is 1020. The van der Waals surface area contributed by atoms with Crippen LogP contribution in [0.1, 0.15) is 29.2 Å². The van der Waals surface area contributed by atoms with Crippen LogP contribution in [0.25, 0.3) is 10.9 Å². The van der Waals surface area contributed by atoms with Crippen LogP contribution in [0.5, 0.6) is 0 Å². The Kier molecular flexibility index (Phi) is 4.44. The maximum Gasteiger partial charge on any atom is 0.331 e. The molecule has 1 atom stereocenters. The van der Waals surface area contributed by atoms with E-state index in [2.05, 4.69) is 22.9 Å². The molecule has 138 valence electrons. The molecule has 0 bridgehead atoms. The summed E-state index contributed by atoms with van der Waals surface area (Å²) in [6.07, 6.45) is 3.66. The molecule has 4 rings (SSSR count). The molecule has 2 heterocycles. The molecule has 0 radical (unpaired) electrons. The summed E-state index contributed by atoms with van der Waals surface area (Å²) in [6.45, 7) is 0.447. The number of aliphatic carboxylic acids is 1. The highest BCUT2D eigenvalue weighted by atomic mass is 16.4. The van der Waals surface area contributed by atoms with Gasteiger partial charge in [0.1, 0.15) is 0 Å². The number of carboxylic acid groups (broad SMARTS) is 1. The van der Waals surface area contributed by atoms with Crippen LogP contribution in [0.3, 0.4) is 0 Å². The Morgan fingerprint density at radius 1 is 1.11 bits per heavy atom. The number of amides is 1. The number of aromatic nitrogens is 1. The lowest BCUT2D eigenvalue weighted by molar-refractivity contribution is -0.151. The molecule has 1 N–H and O–H groups in total. The van der Waals surface area contributed by atoms with Crippen LogP contribution < -0.4 is 0 Å². The molecule has 0 saturated carbocycles. The van der Waals surface area contributed by atoms with Crippen molar-refractivity contribution in [2.75, 3.05) is 6.54 Å². The molecule has 0 fully saturated rings. The molecular formula is C22H22N2O3. The first-order valence-corrected chi connectivity index (χ1v) is 9.19. The van der Waals surface area contributed by atoms with Gasteiger partial charge in [0.15, 0.2) is 6.04 Å². The van der Waals surface area contributed by atoms with Crippen molar-refractivity contribution in [3.8, 4) is 0 Å². The van der Waals surface area contributed by atoms with Crippen LogP contribution in [0.15, 0.2) is 54.7 Å². The average molecular weight is 362 g/mol. The second kappa shape index (κ2) is 6.91. The molecule has 1 aliphatic rings. The zero-order valence-electron chi connectivity index (χ0n) is 15.3. The fraction of sp³-hybridized carbons (Fsp3) is 0.273. The van der Waals surface area contributed by atoms with Gasteiger partial charge in [0.2, 0.25) is 5.91 Å². The van der Waals surface area contributed by atoms with Crippen molar-refractivity contribution in [1.29, 1.82) is 0 Å². The quantitative estimate of drug-likeness (QED) is 0.774. The predicted molar refractivity (Wildman–Crippen MR) is 103 cm³/mol. The fourth-order valence-electron chi connectivity index (χ4n) is 4.11. The minimum atomic E-state index is -0.972. The van der Waals surface area contributed by atoms with E-state index in [0.29, 0.717) is 25.8 Å². The van der Waals surface area contributed by atoms with Gasteiger partial charge < -0.3 is 14.6 Å². The van der Waals surface area contributed by atoms with E-state index in [-0.39, 0.29) is 5.91 Å². The van der Waals surface area contributed by atoms with E-state index in [1.807, 2.05) is 43.4 Å². The zero-order valence-corrected chi connectivity index (χ0v) is 15.3. The summed E-state index contributed by atoms with van der Waals surface area (Å²) < 4.78 is 2.06. The van der Waals surface area contributed by atoms with E-state index >= 15 is 0 Å². The number of para-hydroxylation sites is 1. The number of rotatable bonds is 4. The van der Waals surface area contributed by atoms with Crippen LogP contribution in [-0.2, 0) is 29.5 Å². The second-order valence-electron chi connectivity index (χ2n) is 7.06. The third-order valence-electron chi connectivity index (χ3n) is 5.43. The second-order valence-corrected chi connectivity index (χ2v) is 7.06. The van der Waals surface area contributed by atoms with E-state index in [4.69, 9.17) is 0 Å². The number of aryl methyl sites for hydroxylation is 2. The summed E-state index contributed by atoms with van der Waals surface area (Å²) in [5.74, 6) is -1.08. The van der Waals surface area contributed by atoms with Crippen molar-refractivity contribution in [3.05, 3.63) is 71.4 Å². The van der Waals surface area contributed by atoms with Gasteiger partial charge in [0.25, 0.3) is 0 Å². The van der Waals surface area contributed by atoms with Gasteiger partial charge >= 0.3 is 5.97 Å². The molecule has 1 unspecified atom stereocenters. The van der Waals surface area contributed by atoms with Gasteiger partial charge in [-0.05, 0) is 35.6 Å². The molecule has 1 aromatic heterocycles. The van der Waals surface area contributed by atoms with Gasteiger partial charge in [-0.25, -0.2) is 4.79 Å². The standard InChI is InChI=1S/C22H22N2O3/c1-23-14-16(17-7-4-5-9-19(17)23)10-11-20(25)24-13-12-15-6-2-3-8-18(15)21(24)22(26)27/h2-9,14,21H,10-13H2,1H3,(H,26,27). The lowest BCUT2D eigenvalue weighted by atomic mass is 9.92. The van der Waals surface area contributed by atoms with E-state index in [1.54, 1.807) is 0 Å². The molecule has 0 spiro atoms. The van der Waals surface area contributed by atoms with Crippen LogP contribution in [-0.4, -0.2) is 33.0 Å². The Balaban J connectivity index is 1.55.